The summed E-state index contributed by atoms with van der Waals surface area (Å²) in [4.78, 5) is 38.4. The Kier molecular flexibility index (Phi) is 9.29. The third-order valence-corrected chi connectivity index (χ3v) is 5.95. The molecule has 0 aromatic heterocycles. The van der Waals surface area contributed by atoms with Crippen molar-refractivity contribution < 1.29 is 24.2 Å². The molecular formula is C32H29N3O5. The highest BCUT2D eigenvalue weighted by molar-refractivity contribution is 6.10. The smallest absolute Gasteiger partial charge is 0.272 e. The molecule has 4 aromatic rings. The summed E-state index contributed by atoms with van der Waals surface area (Å²) in [6.07, 6.45) is 1.69. The first-order valence-electron chi connectivity index (χ1n) is 12.6. The zero-order valence-electron chi connectivity index (χ0n) is 21.9. The van der Waals surface area contributed by atoms with Gasteiger partial charge in [-0.15, -0.1) is 0 Å². The van der Waals surface area contributed by atoms with Gasteiger partial charge in [0.25, 0.3) is 11.8 Å². The molecule has 0 saturated heterocycles. The van der Waals surface area contributed by atoms with Gasteiger partial charge < -0.3 is 25.8 Å². The number of anilines is 1. The number of benzene rings is 4. The lowest BCUT2D eigenvalue weighted by atomic mass is 10.1. The predicted octanol–water partition coefficient (Wildman–Crippen LogP) is 4.67. The van der Waals surface area contributed by atoms with E-state index in [9.17, 15) is 19.5 Å². The van der Waals surface area contributed by atoms with Gasteiger partial charge in [-0.1, -0.05) is 66.7 Å². The molecule has 4 aromatic carbocycles. The second-order valence-corrected chi connectivity index (χ2v) is 8.90. The zero-order valence-corrected chi connectivity index (χ0v) is 21.9. The van der Waals surface area contributed by atoms with Crippen molar-refractivity contribution in [2.24, 2.45) is 0 Å². The maximum Gasteiger partial charge on any atom is 0.272 e. The van der Waals surface area contributed by atoms with E-state index in [1.807, 2.05) is 30.3 Å². The predicted molar refractivity (Wildman–Crippen MR) is 154 cm³/mol. The molecule has 0 unspecified atom stereocenters. The molecule has 0 saturated carbocycles. The van der Waals surface area contributed by atoms with E-state index < -0.39 is 11.8 Å². The number of nitrogens with one attached hydrogen (secondary N) is 3. The van der Waals surface area contributed by atoms with Crippen LogP contribution in [0.15, 0.2) is 109 Å². The average Bonchev–Trinajstić information content (AvgIpc) is 2.98. The van der Waals surface area contributed by atoms with Crippen molar-refractivity contribution in [3.63, 3.8) is 0 Å². The Labute approximate surface area is 232 Å². The third kappa shape index (κ3) is 7.82. The molecule has 0 bridgehead atoms. The fourth-order valence-corrected chi connectivity index (χ4v) is 3.84. The van der Waals surface area contributed by atoms with Gasteiger partial charge in [0.1, 0.15) is 5.70 Å². The quantitative estimate of drug-likeness (QED) is 0.220. The van der Waals surface area contributed by atoms with E-state index in [0.717, 1.165) is 11.1 Å². The Morgan fingerprint density at radius 3 is 2.17 bits per heavy atom. The van der Waals surface area contributed by atoms with Crippen LogP contribution in [0.2, 0.25) is 0 Å². The van der Waals surface area contributed by atoms with E-state index in [4.69, 9.17) is 4.74 Å². The van der Waals surface area contributed by atoms with E-state index in [0.29, 0.717) is 23.4 Å². The van der Waals surface area contributed by atoms with Gasteiger partial charge in [0.15, 0.2) is 11.5 Å². The number of aromatic hydroxyl groups is 1. The number of carbonyl (C=O) groups is 3. The summed E-state index contributed by atoms with van der Waals surface area (Å²) < 4.78 is 5.15. The highest BCUT2D eigenvalue weighted by Crippen LogP contribution is 2.27. The van der Waals surface area contributed by atoms with Gasteiger partial charge in [-0.25, -0.2) is 0 Å². The van der Waals surface area contributed by atoms with Gasteiger partial charge in [0, 0.05) is 17.8 Å². The lowest BCUT2D eigenvalue weighted by Crippen LogP contribution is -2.30. The summed E-state index contributed by atoms with van der Waals surface area (Å²) in [6.45, 7) is 0.449. The average molecular weight is 536 g/mol. The fraction of sp³-hybridized carbons (Fsp3) is 0.0938. The number of phenolic OH excluding ortho intramolecular Hbond substituents is 1. The normalized spacial score (nSPS) is 10.9. The number of rotatable bonds is 10. The standard InChI is InChI=1S/C32H29N3O5/c1-40-29-19-24(14-17-28(29)36)18-27(35-31(38)25-10-6-3-7-11-25)32(39)34-26-15-12-22(13-16-26)20-30(37)33-21-23-8-4-2-5-9-23/h2-19,36H,20-21H2,1H3,(H,33,37)(H,34,39)(H,35,38)/b27-18+. The van der Waals surface area contributed by atoms with Crippen molar-refractivity contribution in [3.8, 4) is 11.5 Å². The first-order chi connectivity index (χ1) is 19.4. The van der Waals surface area contributed by atoms with Crippen LogP contribution in [0.3, 0.4) is 0 Å². The Morgan fingerprint density at radius 1 is 0.825 bits per heavy atom. The molecule has 0 aliphatic carbocycles. The molecule has 4 rings (SSSR count). The molecule has 0 aliphatic heterocycles. The second kappa shape index (κ2) is 13.4. The molecule has 3 amide bonds. The van der Waals surface area contributed by atoms with Gasteiger partial charge in [-0.3, -0.25) is 14.4 Å². The van der Waals surface area contributed by atoms with Crippen molar-refractivity contribution in [2.75, 3.05) is 12.4 Å². The fourth-order valence-electron chi connectivity index (χ4n) is 3.84. The van der Waals surface area contributed by atoms with Crippen LogP contribution in [0.25, 0.3) is 6.08 Å². The van der Waals surface area contributed by atoms with Crippen LogP contribution in [0.1, 0.15) is 27.0 Å². The highest BCUT2D eigenvalue weighted by Gasteiger charge is 2.16. The van der Waals surface area contributed by atoms with Crippen LogP contribution >= 0.6 is 0 Å². The Morgan fingerprint density at radius 2 is 1.50 bits per heavy atom. The molecule has 4 N–H and O–H groups in total. The van der Waals surface area contributed by atoms with Crippen molar-refractivity contribution >= 4 is 29.5 Å². The Balaban J connectivity index is 1.45. The van der Waals surface area contributed by atoms with E-state index in [-0.39, 0.29) is 29.5 Å². The number of amides is 3. The molecular weight excluding hydrogens is 506 g/mol. The first kappa shape index (κ1) is 27.7. The summed E-state index contributed by atoms with van der Waals surface area (Å²) in [5.74, 6) is -0.938. The molecule has 0 atom stereocenters. The number of methoxy groups -OCH3 is 1. The van der Waals surface area contributed by atoms with Crippen LogP contribution in [0.5, 0.6) is 11.5 Å². The molecule has 8 nitrogen and oxygen atoms in total. The van der Waals surface area contributed by atoms with Gasteiger partial charge in [-0.2, -0.15) is 0 Å². The summed E-state index contributed by atoms with van der Waals surface area (Å²) in [5, 5.41) is 18.3. The molecule has 0 radical (unpaired) electrons. The van der Waals surface area contributed by atoms with Gasteiger partial charge in [0.05, 0.1) is 13.5 Å². The zero-order chi connectivity index (χ0) is 28.3. The molecule has 8 heteroatoms. The van der Waals surface area contributed by atoms with Crippen molar-refractivity contribution in [2.45, 2.75) is 13.0 Å². The third-order valence-electron chi connectivity index (χ3n) is 5.95. The number of hydrogen-bond donors (Lipinski definition) is 4. The molecule has 0 spiro atoms. The Hall–Kier alpha value is -5.37. The number of hydrogen-bond acceptors (Lipinski definition) is 5. The molecule has 0 heterocycles. The lowest BCUT2D eigenvalue weighted by molar-refractivity contribution is -0.120. The summed E-state index contributed by atoms with van der Waals surface area (Å²) >= 11 is 0. The summed E-state index contributed by atoms with van der Waals surface area (Å²) in [7, 11) is 1.42. The Bertz CT molecular complexity index is 1500. The van der Waals surface area contributed by atoms with Crippen LogP contribution in [-0.2, 0) is 22.6 Å². The van der Waals surface area contributed by atoms with E-state index >= 15 is 0 Å². The van der Waals surface area contributed by atoms with E-state index in [2.05, 4.69) is 16.0 Å². The SMILES string of the molecule is COc1cc(/C=C(/NC(=O)c2ccccc2)C(=O)Nc2ccc(CC(=O)NCc3ccccc3)cc2)ccc1O. The molecule has 0 fully saturated rings. The highest BCUT2D eigenvalue weighted by atomic mass is 16.5. The van der Waals surface area contributed by atoms with E-state index in [1.54, 1.807) is 66.7 Å². The molecule has 202 valence electrons. The van der Waals surface area contributed by atoms with Crippen molar-refractivity contribution in [1.82, 2.24) is 10.6 Å². The summed E-state index contributed by atoms with van der Waals surface area (Å²) in [5.41, 5.74) is 3.20. The molecule has 40 heavy (non-hydrogen) atoms. The maximum atomic E-state index is 13.2. The molecule has 0 aliphatic rings. The van der Waals surface area contributed by atoms with Crippen LogP contribution < -0.4 is 20.7 Å². The largest absolute Gasteiger partial charge is 0.504 e. The maximum absolute atomic E-state index is 13.2. The minimum atomic E-state index is -0.551. The minimum Gasteiger partial charge on any atom is -0.504 e. The van der Waals surface area contributed by atoms with Gasteiger partial charge >= 0.3 is 0 Å². The van der Waals surface area contributed by atoms with Crippen LogP contribution in [0.4, 0.5) is 5.69 Å². The van der Waals surface area contributed by atoms with Gasteiger partial charge in [0.2, 0.25) is 5.91 Å². The number of phenols is 1. The second-order valence-electron chi connectivity index (χ2n) is 8.90. The van der Waals surface area contributed by atoms with Gasteiger partial charge in [-0.05, 0) is 59.2 Å². The minimum absolute atomic E-state index is 0.00837. The van der Waals surface area contributed by atoms with Crippen molar-refractivity contribution in [1.29, 1.82) is 0 Å². The monoisotopic (exact) mass is 535 g/mol. The number of ether oxygens (including phenoxy) is 1. The number of carbonyl (C=O) groups excluding carboxylic acids is 3. The summed E-state index contributed by atoms with van der Waals surface area (Å²) in [6, 6.07) is 29.7. The lowest BCUT2D eigenvalue weighted by Gasteiger charge is -2.12. The first-order valence-corrected chi connectivity index (χ1v) is 12.6. The van der Waals surface area contributed by atoms with E-state index in [1.165, 1.54) is 19.3 Å². The van der Waals surface area contributed by atoms with Crippen LogP contribution in [0, 0.1) is 0 Å². The van der Waals surface area contributed by atoms with Crippen LogP contribution in [-0.4, -0.2) is 29.9 Å². The topological polar surface area (TPSA) is 117 Å². The van der Waals surface area contributed by atoms with Crippen molar-refractivity contribution in [3.05, 3.63) is 131 Å².